The molecule has 1 unspecified atom stereocenters. The van der Waals surface area contributed by atoms with Crippen LogP contribution in [0.15, 0.2) is 157 Å². The second kappa shape index (κ2) is 11.7. The number of nitrogens with zero attached hydrogens (tertiary/aromatic N) is 2. The summed E-state index contributed by atoms with van der Waals surface area (Å²) < 4.78 is 5.06. The van der Waals surface area contributed by atoms with Crippen molar-refractivity contribution in [2.24, 2.45) is 0 Å². The van der Waals surface area contributed by atoms with Crippen LogP contribution in [-0.4, -0.2) is 9.13 Å². The summed E-state index contributed by atoms with van der Waals surface area (Å²) in [5.41, 5.74) is 19.7. The van der Waals surface area contributed by atoms with Crippen LogP contribution in [0.5, 0.6) is 0 Å². The van der Waals surface area contributed by atoms with Gasteiger partial charge in [-0.2, -0.15) is 0 Å². The molecule has 0 saturated carbocycles. The Balaban J connectivity index is 1.19. The maximum absolute atomic E-state index is 2.54. The Morgan fingerprint density at radius 3 is 2.05 bits per heavy atom. The van der Waals surface area contributed by atoms with Crippen LogP contribution < -0.4 is 0 Å². The third-order valence-corrected chi connectivity index (χ3v) is 13.5. The van der Waals surface area contributed by atoms with Gasteiger partial charge in [-0.1, -0.05) is 125 Å². The number of benzene rings is 6. The van der Waals surface area contributed by atoms with Gasteiger partial charge in [0.2, 0.25) is 0 Å². The summed E-state index contributed by atoms with van der Waals surface area (Å²) in [6.07, 6.45) is 12.7. The lowest BCUT2D eigenvalue weighted by Gasteiger charge is -2.24. The zero-order chi connectivity index (χ0) is 38.1. The predicted octanol–water partition coefficient (Wildman–Crippen LogP) is 14.4. The van der Waals surface area contributed by atoms with Crippen molar-refractivity contribution in [3.8, 4) is 16.8 Å². The maximum Gasteiger partial charge on any atom is 0.0544 e. The summed E-state index contributed by atoms with van der Waals surface area (Å²) in [6.45, 7) is 14.0. The van der Waals surface area contributed by atoms with E-state index in [1.54, 1.807) is 0 Å². The highest BCUT2D eigenvalue weighted by Gasteiger charge is 2.37. The molecule has 2 heterocycles. The minimum Gasteiger partial charge on any atom is -0.310 e. The van der Waals surface area contributed by atoms with Gasteiger partial charge < -0.3 is 9.13 Å². The summed E-state index contributed by atoms with van der Waals surface area (Å²) in [6, 6.07) is 46.1. The smallest absolute Gasteiger partial charge is 0.0544 e. The fourth-order valence-electron chi connectivity index (χ4n) is 10.7. The summed E-state index contributed by atoms with van der Waals surface area (Å²) in [5.74, 6) is 0.328. The highest BCUT2D eigenvalue weighted by atomic mass is 15.0. The van der Waals surface area contributed by atoms with Gasteiger partial charge in [-0.05, 0) is 125 Å². The molecule has 1 atom stereocenters. The standard InChI is InChI=1S/C54H46N2/c1-7-16-45-33(2)40-29-44-42-28-37(56-49-24-14-12-22-39(49)43-30-41-38-21-11-13-23-46(38)54(5,6)48(41)32-51(43)56)25-26-50(42)55(52(44)31-47(40)53(45,3)4)36-20-15-19-35(27-36)34-17-9-8-10-18-34/h7-18,20-32,35H,19H2,1-6H3/b16-7-. The van der Waals surface area contributed by atoms with Gasteiger partial charge in [0.05, 0.1) is 22.1 Å². The van der Waals surface area contributed by atoms with Crippen LogP contribution in [0.3, 0.4) is 0 Å². The first-order valence-electron chi connectivity index (χ1n) is 20.3. The summed E-state index contributed by atoms with van der Waals surface area (Å²) in [7, 11) is 0. The van der Waals surface area contributed by atoms with E-state index in [0.717, 1.165) is 6.42 Å². The van der Waals surface area contributed by atoms with E-state index in [0.29, 0.717) is 5.92 Å². The Hall–Kier alpha value is -6.12. The number of para-hydroxylation sites is 1. The third-order valence-electron chi connectivity index (χ3n) is 13.5. The van der Waals surface area contributed by atoms with Crippen LogP contribution >= 0.6 is 0 Å². The first kappa shape index (κ1) is 33.2. The van der Waals surface area contributed by atoms with Crippen molar-refractivity contribution >= 4 is 54.9 Å². The molecule has 0 aliphatic heterocycles. The van der Waals surface area contributed by atoms with Gasteiger partial charge in [0.15, 0.2) is 0 Å². The molecule has 0 fully saturated rings. The van der Waals surface area contributed by atoms with Gasteiger partial charge >= 0.3 is 0 Å². The van der Waals surface area contributed by atoms with Gasteiger partial charge in [-0.25, -0.2) is 0 Å². The molecule has 272 valence electrons. The van der Waals surface area contributed by atoms with Crippen LogP contribution in [0.4, 0.5) is 0 Å². The third kappa shape index (κ3) is 4.44. The van der Waals surface area contributed by atoms with E-state index in [1.165, 1.54) is 105 Å². The van der Waals surface area contributed by atoms with Crippen molar-refractivity contribution < 1.29 is 0 Å². The van der Waals surface area contributed by atoms with Crippen molar-refractivity contribution in [2.75, 3.05) is 0 Å². The maximum atomic E-state index is 2.54. The Bertz CT molecular complexity index is 3110. The topological polar surface area (TPSA) is 9.86 Å². The lowest BCUT2D eigenvalue weighted by Crippen LogP contribution is -2.16. The molecule has 2 heteroatoms. The molecule has 8 aromatic rings. The number of hydrogen-bond donors (Lipinski definition) is 0. The molecule has 3 aliphatic rings. The number of rotatable bonds is 4. The summed E-state index contributed by atoms with van der Waals surface area (Å²) >= 11 is 0. The van der Waals surface area contributed by atoms with E-state index >= 15 is 0 Å². The zero-order valence-corrected chi connectivity index (χ0v) is 33.1. The fourth-order valence-corrected chi connectivity index (χ4v) is 10.7. The lowest BCUT2D eigenvalue weighted by atomic mass is 9.80. The summed E-state index contributed by atoms with van der Waals surface area (Å²) in [5, 5.41) is 5.17. The largest absolute Gasteiger partial charge is 0.310 e. The highest BCUT2D eigenvalue weighted by Crippen LogP contribution is 2.52. The van der Waals surface area contributed by atoms with Gasteiger partial charge in [-0.15, -0.1) is 0 Å². The molecule has 3 aliphatic carbocycles. The first-order chi connectivity index (χ1) is 27.2. The van der Waals surface area contributed by atoms with Crippen LogP contribution in [0.25, 0.3) is 71.7 Å². The molecule has 0 radical (unpaired) electrons. The van der Waals surface area contributed by atoms with Crippen LogP contribution in [-0.2, 0) is 10.8 Å². The van der Waals surface area contributed by atoms with Crippen molar-refractivity contribution in [2.45, 2.75) is 64.7 Å². The molecule has 0 bridgehead atoms. The Kier molecular flexibility index (Phi) is 6.94. The molecule has 2 aromatic heterocycles. The number of hydrogen-bond acceptors (Lipinski definition) is 0. The van der Waals surface area contributed by atoms with E-state index in [4.69, 9.17) is 0 Å². The Morgan fingerprint density at radius 2 is 1.23 bits per heavy atom. The SMILES string of the molecule is C/C=C\C1=C(C)c2cc3c4cc(-n5c6ccccc6c6cc7c(cc65)C(C)(C)c5ccccc5-7)ccc4n(C4=CC(c5ccccc5)CC=C4)c3cc2C1(C)C. The molecule has 0 saturated heterocycles. The molecular formula is C54H46N2. The first-order valence-corrected chi connectivity index (χ1v) is 20.3. The normalized spacial score (nSPS) is 18.1. The number of allylic oxidation sites excluding steroid dienone is 8. The van der Waals surface area contributed by atoms with E-state index in [1.807, 2.05) is 0 Å². The Labute approximate surface area is 329 Å². The van der Waals surface area contributed by atoms with Gasteiger partial charge in [0.25, 0.3) is 0 Å². The second-order valence-corrected chi connectivity index (χ2v) is 17.3. The molecular weight excluding hydrogens is 677 g/mol. The fraction of sp³-hybridized carbons (Fsp3) is 0.185. The van der Waals surface area contributed by atoms with Crippen molar-refractivity contribution in [1.82, 2.24) is 9.13 Å². The van der Waals surface area contributed by atoms with Crippen LogP contribution in [0, 0.1) is 0 Å². The number of aromatic nitrogens is 2. The highest BCUT2D eigenvalue weighted by molar-refractivity contribution is 6.15. The molecule has 11 rings (SSSR count). The van der Waals surface area contributed by atoms with Crippen molar-refractivity contribution in [1.29, 1.82) is 0 Å². The van der Waals surface area contributed by atoms with Gasteiger partial charge in [0, 0.05) is 49.7 Å². The molecule has 0 spiro atoms. The predicted molar refractivity (Wildman–Crippen MR) is 239 cm³/mol. The van der Waals surface area contributed by atoms with Crippen LogP contribution in [0.1, 0.15) is 81.7 Å². The molecule has 0 N–H and O–H groups in total. The average Bonchev–Trinajstić information content (AvgIpc) is 3.85. The van der Waals surface area contributed by atoms with Gasteiger partial charge in [0.1, 0.15) is 0 Å². The lowest BCUT2D eigenvalue weighted by molar-refractivity contribution is 0.654. The summed E-state index contributed by atoms with van der Waals surface area (Å²) in [4.78, 5) is 0. The van der Waals surface area contributed by atoms with E-state index in [-0.39, 0.29) is 10.8 Å². The van der Waals surface area contributed by atoms with Crippen molar-refractivity contribution in [3.63, 3.8) is 0 Å². The average molecular weight is 723 g/mol. The monoisotopic (exact) mass is 722 g/mol. The van der Waals surface area contributed by atoms with E-state index in [2.05, 4.69) is 202 Å². The quantitative estimate of drug-likeness (QED) is 0.171. The van der Waals surface area contributed by atoms with Crippen molar-refractivity contribution in [3.05, 3.63) is 185 Å². The minimum absolute atomic E-state index is 0.0804. The minimum atomic E-state index is -0.0907. The molecule has 56 heavy (non-hydrogen) atoms. The van der Waals surface area contributed by atoms with E-state index < -0.39 is 0 Å². The molecule has 0 amide bonds. The van der Waals surface area contributed by atoms with Crippen LogP contribution in [0.2, 0.25) is 0 Å². The zero-order valence-electron chi connectivity index (χ0n) is 33.1. The molecule has 2 nitrogen and oxygen atoms in total. The van der Waals surface area contributed by atoms with E-state index in [9.17, 15) is 0 Å². The number of fused-ring (bicyclic) bond motifs is 10. The Morgan fingerprint density at radius 1 is 0.571 bits per heavy atom. The second-order valence-electron chi connectivity index (χ2n) is 17.3. The molecule has 6 aromatic carbocycles. The van der Waals surface area contributed by atoms with Gasteiger partial charge in [-0.3, -0.25) is 0 Å².